The van der Waals surface area contributed by atoms with Crippen LogP contribution in [0, 0.1) is 0 Å². The Balaban J connectivity index is 1.72. The van der Waals surface area contributed by atoms with Crippen LogP contribution in [0.2, 0.25) is 0 Å². The van der Waals surface area contributed by atoms with Gasteiger partial charge in [0.1, 0.15) is 0 Å². The van der Waals surface area contributed by atoms with Gasteiger partial charge in [0.2, 0.25) is 0 Å². The van der Waals surface area contributed by atoms with Crippen LogP contribution in [0.4, 0.5) is 0 Å². The number of hydrogen-bond donors (Lipinski definition) is 1. The average molecular weight is 228 g/mol. The lowest BCUT2D eigenvalue weighted by molar-refractivity contribution is 0.205. The molecule has 2 aliphatic heterocycles. The number of hydrogen-bond acceptors (Lipinski definition) is 3. The molecule has 88 valence electrons. The fourth-order valence-corrected chi connectivity index (χ4v) is 3.88. The molecule has 2 fully saturated rings. The zero-order valence-electron chi connectivity index (χ0n) is 9.87. The van der Waals surface area contributed by atoms with Crippen LogP contribution in [0.25, 0.3) is 0 Å². The Labute approximate surface area is 98.2 Å². The molecule has 0 spiro atoms. The molecule has 3 heteroatoms. The summed E-state index contributed by atoms with van der Waals surface area (Å²) in [6.45, 7) is 2.49. The highest BCUT2D eigenvalue weighted by molar-refractivity contribution is 7.99. The summed E-state index contributed by atoms with van der Waals surface area (Å²) in [4.78, 5) is 2.59. The van der Waals surface area contributed by atoms with Crippen LogP contribution in [0.15, 0.2) is 0 Å². The Morgan fingerprint density at radius 2 is 2.20 bits per heavy atom. The number of rotatable bonds is 3. The van der Waals surface area contributed by atoms with Crippen molar-refractivity contribution in [3.05, 3.63) is 0 Å². The molecule has 2 nitrogen and oxygen atoms in total. The highest BCUT2D eigenvalue weighted by atomic mass is 32.2. The molecule has 0 saturated carbocycles. The molecule has 0 aromatic carbocycles. The molecular formula is C12H24N2S. The first kappa shape index (κ1) is 11.7. The average Bonchev–Trinajstić information content (AvgIpc) is 2.31. The second-order valence-electron chi connectivity index (χ2n) is 4.96. The molecule has 0 radical (unpaired) electrons. The van der Waals surface area contributed by atoms with E-state index in [9.17, 15) is 0 Å². The Morgan fingerprint density at radius 1 is 1.27 bits per heavy atom. The van der Waals surface area contributed by atoms with Gasteiger partial charge in [0.15, 0.2) is 0 Å². The van der Waals surface area contributed by atoms with Gasteiger partial charge < -0.3 is 10.2 Å². The summed E-state index contributed by atoms with van der Waals surface area (Å²) in [5, 5.41) is 3.64. The van der Waals surface area contributed by atoms with Gasteiger partial charge in [0, 0.05) is 24.4 Å². The normalized spacial score (nSPS) is 33.2. The van der Waals surface area contributed by atoms with Gasteiger partial charge in [-0.2, -0.15) is 11.8 Å². The quantitative estimate of drug-likeness (QED) is 0.795. The molecule has 2 rings (SSSR count). The maximum atomic E-state index is 3.64. The number of piperidine rings is 1. The van der Waals surface area contributed by atoms with E-state index in [-0.39, 0.29) is 0 Å². The molecule has 2 heterocycles. The molecule has 2 aliphatic rings. The molecule has 0 bridgehead atoms. The van der Waals surface area contributed by atoms with Crippen LogP contribution in [0.5, 0.6) is 0 Å². The van der Waals surface area contributed by atoms with Gasteiger partial charge >= 0.3 is 0 Å². The number of nitrogens with one attached hydrogen (secondary N) is 1. The van der Waals surface area contributed by atoms with Crippen LogP contribution in [0.1, 0.15) is 32.1 Å². The van der Waals surface area contributed by atoms with Gasteiger partial charge in [-0.1, -0.05) is 6.42 Å². The second-order valence-corrected chi connectivity index (χ2v) is 6.11. The summed E-state index contributed by atoms with van der Waals surface area (Å²) >= 11 is 2.13. The van der Waals surface area contributed by atoms with Crippen molar-refractivity contribution in [1.82, 2.24) is 10.2 Å². The third kappa shape index (κ3) is 3.65. The number of likely N-dealkylation sites (N-methyl/N-ethyl adjacent to an activating group) is 1. The summed E-state index contributed by atoms with van der Waals surface area (Å²) < 4.78 is 0. The third-order valence-corrected chi connectivity index (χ3v) is 4.88. The van der Waals surface area contributed by atoms with Crippen LogP contribution in [-0.4, -0.2) is 48.6 Å². The topological polar surface area (TPSA) is 15.3 Å². The predicted octanol–water partition coefficient (Wildman–Crippen LogP) is 1.96. The third-order valence-electron chi connectivity index (χ3n) is 3.68. The monoisotopic (exact) mass is 228 g/mol. The van der Waals surface area contributed by atoms with E-state index in [0.717, 1.165) is 12.1 Å². The Kier molecular flexibility index (Phi) is 4.79. The van der Waals surface area contributed by atoms with E-state index >= 15 is 0 Å². The highest BCUT2D eigenvalue weighted by Gasteiger charge is 2.21. The maximum Gasteiger partial charge on any atom is 0.0195 e. The van der Waals surface area contributed by atoms with Crippen molar-refractivity contribution in [2.75, 3.05) is 31.6 Å². The molecule has 2 unspecified atom stereocenters. The van der Waals surface area contributed by atoms with E-state index in [0.29, 0.717) is 0 Å². The van der Waals surface area contributed by atoms with Crippen molar-refractivity contribution in [3.63, 3.8) is 0 Å². The first-order chi connectivity index (χ1) is 7.36. The number of thioether (sulfide) groups is 1. The van der Waals surface area contributed by atoms with E-state index in [1.54, 1.807) is 0 Å². The van der Waals surface area contributed by atoms with E-state index < -0.39 is 0 Å². The highest BCUT2D eigenvalue weighted by Crippen LogP contribution is 2.21. The van der Waals surface area contributed by atoms with Gasteiger partial charge in [-0.05, 0) is 45.0 Å². The maximum absolute atomic E-state index is 3.64. The van der Waals surface area contributed by atoms with Crippen molar-refractivity contribution in [2.24, 2.45) is 0 Å². The minimum atomic E-state index is 0.760. The zero-order chi connectivity index (χ0) is 10.5. The smallest absolute Gasteiger partial charge is 0.0195 e. The summed E-state index contributed by atoms with van der Waals surface area (Å²) in [5.41, 5.74) is 0. The van der Waals surface area contributed by atoms with E-state index in [4.69, 9.17) is 0 Å². The Morgan fingerprint density at radius 3 is 2.87 bits per heavy atom. The van der Waals surface area contributed by atoms with E-state index in [1.807, 2.05) is 0 Å². The van der Waals surface area contributed by atoms with Gasteiger partial charge in [0.05, 0.1) is 0 Å². The summed E-state index contributed by atoms with van der Waals surface area (Å²) in [5.74, 6) is 2.73. The molecule has 2 saturated heterocycles. The van der Waals surface area contributed by atoms with E-state index in [1.165, 1.54) is 56.7 Å². The zero-order valence-corrected chi connectivity index (χ0v) is 10.7. The fraction of sp³-hybridized carbons (Fsp3) is 1.00. The Hall–Kier alpha value is 0.270. The minimum absolute atomic E-state index is 0.760. The van der Waals surface area contributed by atoms with E-state index in [2.05, 4.69) is 29.0 Å². The van der Waals surface area contributed by atoms with Crippen molar-refractivity contribution in [3.8, 4) is 0 Å². The largest absolute Gasteiger partial charge is 0.313 e. The van der Waals surface area contributed by atoms with Gasteiger partial charge in [0.25, 0.3) is 0 Å². The second kappa shape index (κ2) is 6.12. The van der Waals surface area contributed by atoms with Crippen LogP contribution in [0.3, 0.4) is 0 Å². The predicted molar refractivity (Wildman–Crippen MR) is 68.6 cm³/mol. The molecule has 0 amide bonds. The van der Waals surface area contributed by atoms with Crippen LogP contribution < -0.4 is 5.32 Å². The molecule has 2 atom stereocenters. The van der Waals surface area contributed by atoms with Crippen molar-refractivity contribution < 1.29 is 0 Å². The number of nitrogens with zero attached hydrogens (tertiary/aromatic N) is 1. The molecule has 15 heavy (non-hydrogen) atoms. The minimum Gasteiger partial charge on any atom is -0.313 e. The lowest BCUT2D eigenvalue weighted by Gasteiger charge is -2.35. The summed E-state index contributed by atoms with van der Waals surface area (Å²) in [6, 6.07) is 1.60. The van der Waals surface area contributed by atoms with Crippen molar-refractivity contribution in [2.45, 2.75) is 44.2 Å². The fourth-order valence-electron chi connectivity index (χ4n) is 2.65. The molecular weight excluding hydrogens is 204 g/mol. The SMILES string of the molecule is CN(CC1CCCCN1)C1CCCSC1. The first-order valence-electron chi connectivity index (χ1n) is 6.37. The molecule has 0 aromatic heterocycles. The van der Waals surface area contributed by atoms with Gasteiger partial charge in [-0.25, -0.2) is 0 Å². The van der Waals surface area contributed by atoms with Crippen molar-refractivity contribution in [1.29, 1.82) is 0 Å². The lowest BCUT2D eigenvalue weighted by atomic mass is 10.0. The van der Waals surface area contributed by atoms with Gasteiger partial charge in [-0.3, -0.25) is 0 Å². The van der Waals surface area contributed by atoms with Crippen LogP contribution in [-0.2, 0) is 0 Å². The van der Waals surface area contributed by atoms with Crippen molar-refractivity contribution >= 4 is 11.8 Å². The lowest BCUT2D eigenvalue weighted by Crippen LogP contribution is -2.46. The summed E-state index contributed by atoms with van der Waals surface area (Å²) in [7, 11) is 2.31. The molecule has 0 aromatic rings. The molecule has 1 N–H and O–H groups in total. The Bertz CT molecular complexity index is 174. The molecule has 0 aliphatic carbocycles. The first-order valence-corrected chi connectivity index (χ1v) is 7.53. The standard InChI is InChI=1S/C12H24N2S/c1-14(12-6-4-8-15-10-12)9-11-5-2-3-7-13-11/h11-13H,2-10H2,1H3. The summed E-state index contributed by atoms with van der Waals surface area (Å²) in [6.07, 6.45) is 7.00. The van der Waals surface area contributed by atoms with Crippen LogP contribution >= 0.6 is 11.8 Å². The van der Waals surface area contributed by atoms with Gasteiger partial charge in [-0.15, -0.1) is 0 Å².